The predicted molar refractivity (Wildman–Crippen MR) is 72.7 cm³/mol. The van der Waals surface area contributed by atoms with Gasteiger partial charge in [-0.1, -0.05) is 0 Å². The van der Waals surface area contributed by atoms with Gasteiger partial charge in [0.1, 0.15) is 12.4 Å². The van der Waals surface area contributed by atoms with Crippen molar-refractivity contribution in [1.29, 1.82) is 0 Å². The van der Waals surface area contributed by atoms with Gasteiger partial charge in [-0.25, -0.2) is 8.42 Å². The molecule has 5 nitrogen and oxygen atoms in total. The Labute approximate surface area is 125 Å². The van der Waals surface area contributed by atoms with E-state index >= 15 is 0 Å². The molecule has 0 spiro atoms. The average Bonchev–Trinajstić information content (AvgIpc) is 2.41. The summed E-state index contributed by atoms with van der Waals surface area (Å²) in [6.07, 6.45) is -5.32. The molecule has 0 aromatic heterocycles. The van der Waals surface area contributed by atoms with E-state index in [1.54, 1.807) is 0 Å². The lowest BCUT2D eigenvalue weighted by Crippen LogP contribution is -2.38. The van der Waals surface area contributed by atoms with E-state index in [0.717, 1.165) is 11.2 Å². The van der Waals surface area contributed by atoms with Crippen LogP contribution in [0.2, 0.25) is 0 Å². The molecule has 22 heavy (non-hydrogen) atoms. The van der Waals surface area contributed by atoms with Crippen molar-refractivity contribution in [2.24, 2.45) is 0 Å². The molecule has 1 amide bonds. The van der Waals surface area contributed by atoms with Crippen LogP contribution in [0.3, 0.4) is 0 Å². The summed E-state index contributed by atoms with van der Waals surface area (Å²) >= 11 is 0. The molecule has 0 atom stereocenters. The van der Waals surface area contributed by atoms with E-state index in [9.17, 15) is 26.4 Å². The molecule has 1 heterocycles. The summed E-state index contributed by atoms with van der Waals surface area (Å²) in [6.45, 7) is 0.222. The second-order valence-electron chi connectivity index (χ2n) is 4.91. The maximum Gasteiger partial charge on any atom is 0.389 e. The number of carbonyl (C=O) groups excluding carboxylic acids is 1. The van der Waals surface area contributed by atoms with E-state index in [1.165, 1.54) is 18.2 Å². The van der Waals surface area contributed by atoms with Gasteiger partial charge in [0.2, 0.25) is 5.91 Å². The maximum absolute atomic E-state index is 12.2. The number of sulfone groups is 1. The summed E-state index contributed by atoms with van der Waals surface area (Å²) in [6, 6.07) is 3.97. The number of halogens is 3. The number of amides is 1. The fourth-order valence-corrected chi connectivity index (χ4v) is 2.71. The lowest BCUT2D eigenvalue weighted by molar-refractivity contribution is -0.143. The summed E-state index contributed by atoms with van der Waals surface area (Å²) in [5.74, 6) is -0.438. The molecule has 0 saturated heterocycles. The van der Waals surface area contributed by atoms with Crippen LogP contribution in [0.15, 0.2) is 23.1 Å². The molecule has 0 saturated carbocycles. The molecule has 0 aliphatic carbocycles. The Balaban J connectivity index is 2.29. The number of hydrogen-bond acceptors (Lipinski definition) is 4. The second kappa shape index (κ2) is 5.79. The number of rotatable bonds is 3. The van der Waals surface area contributed by atoms with Crippen LogP contribution in [0.4, 0.5) is 18.9 Å². The first-order chi connectivity index (χ1) is 10.1. The van der Waals surface area contributed by atoms with Gasteiger partial charge in [0.15, 0.2) is 9.84 Å². The van der Waals surface area contributed by atoms with Gasteiger partial charge in [-0.3, -0.25) is 4.79 Å². The second-order valence-corrected chi connectivity index (χ2v) is 6.93. The zero-order valence-electron chi connectivity index (χ0n) is 11.7. The van der Waals surface area contributed by atoms with Crippen LogP contribution in [-0.2, 0) is 14.6 Å². The summed E-state index contributed by atoms with van der Waals surface area (Å²) in [7, 11) is -3.49. The van der Waals surface area contributed by atoms with Gasteiger partial charge in [0, 0.05) is 12.7 Å². The van der Waals surface area contributed by atoms with Crippen molar-refractivity contribution in [3.8, 4) is 5.75 Å². The first kappa shape index (κ1) is 16.6. The highest BCUT2D eigenvalue weighted by atomic mass is 32.2. The third kappa shape index (κ3) is 3.90. The first-order valence-corrected chi connectivity index (χ1v) is 8.31. The fourth-order valence-electron chi connectivity index (χ4n) is 2.07. The van der Waals surface area contributed by atoms with E-state index in [-0.39, 0.29) is 29.5 Å². The predicted octanol–water partition coefficient (Wildman–Crippen LogP) is 2.16. The van der Waals surface area contributed by atoms with Gasteiger partial charge in [-0.15, -0.1) is 0 Å². The zero-order valence-corrected chi connectivity index (χ0v) is 12.5. The summed E-state index contributed by atoms with van der Waals surface area (Å²) in [5.41, 5.74) is 0.182. The van der Waals surface area contributed by atoms with E-state index in [0.29, 0.717) is 0 Å². The highest BCUT2D eigenvalue weighted by Crippen LogP contribution is 2.34. The van der Waals surface area contributed by atoms with Crippen LogP contribution in [0.1, 0.15) is 12.8 Å². The van der Waals surface area contributed by atoms with Crippen molar-refractivity contribution in [3.05, 3.63) is 18.2 Å². The van der Waals surface area contributed by atoms with Gasteiger partial charge in [-0.05, 0) is 18.2 Å². The minimum Gasteiger partial charge on any atom is -0.490 e. The minimum atomic E-state index is -4.42. The Bertz CT molecular complexity index is 685. The molecular formula is C13H14F3NO4S. The number of anilines is 1. The van der Waals surface area contributed by atoms with Crippen molar-refractivity contribution >= 4 is 21.4 Å². The van der Waals surface area contributed by atoms with Crippen molar-refractivity contribution in [2.75, 3.05) is 24.3 Å². The molecule has 0 bridgehead atoms. The van der Waals surface area contributed by atoms with Crippen LogP contribution in [0.5, 0.6) is 5.75 Å². The van der Waals surface area contributed by atoms with Crippen LogP contribution < -0.4 is 9.64 Å². The standard InChI is InChI=1S/C13H14F3NO4S/c1-22(19,20)9-2-3-11-10(8-9)17(6-7-21-11)12(18)4-5-13(14,15)16/h2-3,8H,4-7H2,1H3. The van der Waals surface area contributed by atoms with Gasteiger partial charge < -0.3 is 9.64 Å². The monoisotopic (exact) mass is 337 g/mol. The Hall–Kier alpha value is -1.77. The zero-order chi connectivity index (χ0) is 16.5. The van der Waals surface area contributed by atoms with Gasteiger partial charge in [-0.2, -0.15) is 13.2 Å². The van der Waals surface area contributed by atoms with Crippen molar-refractivity contribution in [1.82, 2.24) is 0 Å². The Morgan fingerprint density at radius 1 is 1.36 bits per heavy atom. The van der Waals surface area contributed by atoms with Gasteiger partial charge in [0.05, 0.1) is 23.5 Å². The molecule has 0 unspecified atom stereocenters. The smallest absolute Gasteiger partial charge is 0.389 e. The summed E-state index contributed by atoms with van der Waals surface area (Å²) in [5, 5.41) is 0. The molecule has 0 N–H and O–H groups in total. The summed E-state index contributed by atoms with van der Waals surface area (Å²) < 4.78 is 65.1. The molecule has 9 heteroatoms. The van der Waals surface area contributed by atoms with E-state index in [1.807, 2.05) is 0 Å². The molecule has 0 radical (unpaired) electrons. The Kier molecular flexibility index (Phi) is 4.37. The Morgan fingerprint density at radius 3 is 2.64 bits per heavy atom. The van der Waals surface area contributed by atoms with Crippen molar-refractivity contribution in [2.45, 2.75) is 23.9 Å². The molecule has 2 rings (SSSR count). The topological polar surface area (TPSA) is 63.7 Å². The highest BCUT2D eigenvalue weighted by Gasteiger charge is 2.31. The van der Waals surface area contributed by atoms with E-state index in [2.05, 4.69) is 0 Å². The lowest BCUT2D eigenvalue weighted by atomic mass is 10.2. The molecule has 122 valence electrons. The number of nitrogens with zero attached hydrogens (tertiary/aromatic N) is 1. The van der Waals surface area contributed by atoms with Crippen LogP contribution in [0.25, 0.3) is 0 Å². The summed E-state index contributed by atoms with van der Waals surface area (Å²) in [4.78, 5) is 13.1. The fraction of sp³-hybridized carbons (Fsp3) is 0.462. The number of carbonyl (C=O) groups is 1. The normalized spacial score (nSPS) is 15.2. The largest absolute Gasteiger partial charge is 0.490 e. The maximum atomic E-state index is 12.2. The van der Waals surface area contributed by atoms with E-state index < -0.39 is 34.8 Å². The van der Waals surface area contributed by atoms with E-state index in [4.69, 9.17) is 4.74 Å². The third-order valence-electron chi connectivity index (χ3n) is 3.15. The van der Waals surface area contributed by atoms with Crippen LogP contribution >= 0.6 is 0 Å². The molecule has 1 aromatic carbocycles. The molecule has 0 fully saturated rings. The molecule has 1 aliphatic heterocycles. The Morgan fingerprint density at radius 2 is 2.05 bits per heavy atom. The van der Waals surface area contributed by atoms with Crippen LogP contribution in [0, 0.1) is 0 Å². The molecule has 1 aromatic rings. The number of fused-ring (bicyclic) bond motifs is 1. The molecule has 1 aliphatic rings. The number of ether oxygens (including phenoxy) is 1. The van der Waals surface area contributed by atoms with Crippen molar-refractivity contribution < 1.29 is 31.1 Å². The molecular weight excluding hydrogens is 323 g/mol. The first-order valence-electron chi connectivity index (χ1n) is 6.42. The third-order valence-corrected chi connectivity index (χ3v) is 4.26. The van der Waals surface area contributed by atoms with Crippen molar-refractivity contribution in [3.63, 3.8) is 0 Å². The average molecular weight is 337 g/mol. The lowest BCUT2D eigenvalue weighted by Gasteiger charge is -2.30. The number of benzene rings is 1. The number of alkyl halides is 3. The van der Waals surface area contributed by atoms with Crippen LogP contribution in [-0.4, -0.2) is 39.9 Å². The van der Waals surface area contributed by atoms with Gasteiger partial charge >= 0.3 is 6.18 Å². The minimum absolute atomic E-state index is 0.0228. The quantitative estimate of drug-likeness (QED) is 0.848. The SMILES string of the molecule is CS(=O)(=O)c1ccc2c(c1)N(C(=O)CCC(F)(F)F)CCO2. The van der Waals surface area contributed by atoms with Gasteiger partial charge in [0.25, 0.3) is 0 Å². The number of hydrogen-bond donors (Lipinski definition) is 0. The highest BCUT2D eigenvalue weighted by molar-refractivity contribution is 7.90.